The third-order valence-corrected chi connectivity index (χ3v) is 5.18. The van der Waals surface area contributed by atoms with Crippen LogP contribution in [0.5, 0.6) is 0 Å². The van der Waals surface area contributed by atoms with Crippen LogP contribution in [0.4, 0.5) is 5.00 Å². The van der Waals surface area contributed by atoms with E-state index in [-0.39, 0.29) is 5.91 Å². The smallest absolute Gasteiger partial charge is 0.341 e. The molecule has 0 fully saturated rings. The molecule has 0 radical (unpaired) electrons. The van der Waals surface area contributed by atoms with Gasteiger partial charge in [0, 0.05) is 10.3 Å². The number of aryl methyl sites for hydroxylation is 2. The van der Waals surface area contributed by atoms with E-state index in [4.69, 9.17) is 4.74 Å². The van der Waals surface area contributed by atoms with E-state index in [2.05, 4.69) is 5.32 Å². The van der Waals surface area contributed by atoms with Crippen molar-refractivity contribution in [2.24, 2.45) is 0 Å². The van der Waals surface area contributed by atoms with Crippen molar-refractivity contribution in [3.05, 3.63) is 37.9 Å². The van der Waals surface area contributed by atoms with E-state index in [1.54, 1.807) is 6.92 Å². The van der Waals surface area contributed by atoms with Crippen LogP contribution in [0.25, 0.3) is 0 Å². The fraction of sp³-hybridized carbons (Fsp3) is 0.333. The van der Waals surface area contributed by atoms with Crippen molar-refractivity contribution >= 4 is 39.6 Å². The highest BCUT2D eigenvalue weighted by molar-refractivity contribution is 7.16. The SMILES string of the molecule is CCOC(=O)c1c(NC(=O)c2cscc2C)sc(C)c1C. The van der Waals surface area contributed by atoms with E-state index in [0.29, 0.717) is 22.7 Å². The van der Waals surface area contributed by atoms with Crippen molar-refractivity contribution in [1.29, 1.82) is 0 Å². The Labute approximate surface area is 131 Å². The summed E-state index contributed by atoms with van der Waals surface area (Å²) in [6, 6.07) is 0. The van der Waals surface area contributed by atoms with Crippen LogP contribution in [-0.2, 0) is 4.74 Å². The largest absolute Gasteiger partial charge is 0.462 e. The van der Waals surface area contributed by atoms with Gasteiger partial charge in [-0.3, -0.25) is 4.79 Å². The summed E-state index contributed by atoms with van der Waals surface area (Å²) >= 11 is 2.88. The average molecular weight is 323 g/mol. The zero-order valence-electron chi connectivity index (χ0n) is 12.4. The van der Waals surface area contributed by atoms with Gasteiger partial charge in [0.2, 0.25) is 0 Å². The molecule has 0 saturated carbocycles. The van der Waals surface area contributed by atoms with E-state index >= 15 is 0 Å². The van der Waals surface area contributed by atoms with Crippen LogP contribution in [-0.4, -0.2) is 18.5 Å². The van der Waals surface area contributed by atoms with Crippen molar-refractivity contribution in [3.8, 4) is 0 Å². The first-order valence-corrected chi connectivity index (χ1v) is 8.32. The number of rotatable bonds is 4. The minimum atomic E-state index is -0.392. The summed E-state index contributed by atoms with van der Waals surface area (Å²) < 4.78 is 5.08. The molecule has 0 aliphatic heterocycles. The molecule has 4 nitrogen and oxygen atoms in total. The molecule has 0 spiro atoms. The Morgan fingerprint density at radius 3 is 2.52 bits per heavy atom. The summed E-state index contributed by atoms with van der Waals surface area (Å²) in [5, 5.41) is 7.13. The maximum Gasteiger partial charge on any atom is 0.341 e. The number of thiophene rings is 2. The fourth-order valence-corrected chi connectivity index (χ4v) is 3.80. The first-order chi connectivity index (χ1) is 9.95. The Hall–Kier alpha value is -1.66. The van der Waals surface area contributed by atoms with Crippen LogP contribution in [0.15, 0.2) is 10.8 Å². The molecular formula is C15H17NO3S2. The van der Waals surface area contributed by atoms with Crippen LogP contribution < -0.4 is 5.32 Å². The monoisotopic (exact) mass is 323 g/mol. The summed E-state index contributed by atoms with van der Waals surface area (Å²) in [5.74, 6) is -0.586. The number of nitrogens with one attached hydrogen (secondary N) is 1. The van der Waals surface area contributed by atoms with Gasteiger partial charge in [0.25, 0.3) is 5.91 Å². The number of hydrogen-bond acceptors (Lipinski definition) is 5. The number of amides is 1. The molecule has 2 aromatic rings. The van der Waals surface area contributed by atoms with E-state index in [9.17, 15) is 9.59 Å². The minimum absolute atomic E-state index is 0.194. The number of carbonyl (C=O) groups excluding carboxylic acids is 2. The average Bonchev–Trinajstić information content (AvgIpc) is 2.95. The molecule has 0 aromatic carbocycles. The fourth-order valence-electron chi connectivity index (χ4n) is 1.93. The molecule has 0 saturated heterocycles. The minimum Gasteiger partial charge on any atom is -0.462 e. The molecule has 0 unspecified atom stereocenters. The van der Waals surface area contributed by atoms with Gasteiger partial charge >= 0.3 is 5.97 Å². The standard InChI is InChI=1S/C15H17NO3S2/c1-5-19-15(18)12-9(3)10(4)21-14(12)16-13(17)11-7-20-6-8(11)2/h6-7H,5H2,1-4H3,(H,16,17). The quantitative estimate of drug-likeness (QED) is 0.859. The van der Waals surface area contributed by atoms with Gasteiger partial charge in [-0.1, -0.05) is 0 Å². The maximum atomic E-state index is 12.3. The van der Waals surface area contributed by atoms with Gasteiger partial charge in [0.1, 0.15) is 5.00 Å². The predicted octanol–water partition coefficient (Wildman–Crippen LogP) is 4.16. The van der Waals surface area contributed by atoms with E-state index < -0.39 is 5.97 Å². The Bertz CT molecular complexity index is 685. The second-order valence-corrected chi connectivity index (χ2v) is 6.60. The molecular weight excluding hydrogens is 306 g/mol. The first-order valence-electron chi connectivity index (χ1n) is 6.57. The molecule has 112 valence electrons. The van der Waals surface area contributed by atoms with Gasteiger partial charge in [0.15, 0.2) is 0 Å². The van der Waals surface area contributed by atoms with Gasteiger partial charge in [-0.15, -0.1) is 11.3 Å². The molecule has 0 bridgehead atoms. The zero-order chi connectivity index (χ0) is 15.6. The molecule has 6 heteroatoms. The van der Waals surface area contributed by atoms with Crippen LogP contribution in [0, 0.1) is 20.8 Å². The van der Waals surface area contributed by atoms with Crippen molar-refractivity contribution in [2.75, 3.05) is 11.9 Å². The summed E-state index contributed by atoms with van der Waals surface area (Å²) in [4.78, 5) is 25.4. The highest BCUT2D eigenvalue weighted by Gasteiger charge is 2.22. The molecule has 0 aliphatic carbocycles. The molecule has 1 amide bonds. The lowest BCUT2D eigenvalue weighted by molar-refractivity contribution is 0.0527. The molecule has 2 rings (SSSR count). The normalized spacial score (nSPS) is 10.5. The maximum absolute atomic E-state index is 12.3. The van der Waals surface area contributed by atoms with Crippen LogP contribution >= 0.6 is 22.7 Å². The van der Waals surface area contributed by atoms with E-state index in [0.717, 1.165) is 16.0 Å². The van der Waals surface area contributed by atoms with Crippen molar-refractivity contribution in [2.45, 2.75) is 27.7 Å². The Kier molecular flexibility index (Phi) is 4.80. The third kappa shape index (κ3) is 3.16. The van der Waals surface area contributed by atoms with Crippen molar-refractivity contribution in [3.63, 3.8) is 0 Å². The Balaban J connectivity index is 2.32. The zero-order valence-corrected chi connectivity index (χ0v) is 14.0. The van der Waals surface area contributed by atoms with Crippen molar-refractivity contribution < 1.29 is 14.3 Å². The second-order valence-electron chi connectivity index (χ2n) is 4.63. The van der Waals surface area contributed by atoms with E-state index in [1.807, 2.05) is 31.5 Å². The predicted molar refractivity (Wildman–Crippen MR) is 86.8 cm³/mol. The molecule has 0 atom stereocenters. The van der Waals surface area contributed by atoms with Gasteiger partial charge in [0.05, 0.1) is 17.7 Å². The molecule has 21 heavy (non-hydrogen) atoms. The summed E-state index contributed by atoms with van der Waals surface area (Å²) in [6.45, 7) is 7.75. The number of ether oxygens (including phenoxy) is 1. The van der Waals surface area contributed by atoms with Crippen LogP contribution in [0.1, 0.15) is 43.6 Å². The lowest BCUT2D eigenvalue weighted by Crippen LogP contribution is -2.15. The van der Waals surface area contributed by atoms with Gasteiger partial charge < -0.3 is 10.1 Å². The van der Waals surface area contributed by atoms with E-state index in [1.165, 1.54) is 22.7 Å². The van der Waals surface area contributed by atoms with Gasteiger partial charge in [-0.25, -0.2) is 4.79 Å². The number of carbonyl (C=O) groups is 2. The molecule has 2 aromatic heterocycles. The van der Waals surface area contributed by atoms with Crippen molar-refractivity contribution in [1.82, 2.24) is 0 Å². The van der Waals surface area contributed by atoms with Crippen LogP contribution in [0.3, 0.4) is 0 Å². The first kappa shape index (κ1) is 15.7. The summed E-state index contributed by atoms with van der Waals surface area (Å²) in [7, 11) is 0. The summed E-state index contributed by atoms with van der Waals surface area (Å²) in [5.41, 5.74) is 2.88. The Morgan fingerprint density at radius 2 is 1.95 bits per heavy atom. The Morgan fingerprint density at radius 1 is 1.24 bits per heavy atom. The lowest BCUT2D eigenvalue weighted by atomic mass is 10.1. The lowest BCUT2D eigenvalue weighted by Gasteiger charge is -2.07. The van der Waals surface area contributed by atoms with Gasteiger partial charge in [-0.05, 0) is 44.2 Å². The van der Waals surface area contributed by atoms with Gasteiger partial charge in [-0.2, -0.15) is 11.3 Å². The number of hydrogen-bond donors (Lipinski definition) is 1. The third-order valence-electron chi connectivity index (χ3n) is 3.19. The number of anilines is 1. The topological polar surface area (TPSA) is 55.4 Å². The second kappa shape index (κ2) is 6.41. The number of esters is 1. The molecule has 1 N–H and O–H groups in total. The molecule has 0 aliphatic rings. The van der Waals surface area contributed by atoms with Crippen LogP contribution in [0.2, 0.25) is 0 Å². The summed E-state index contributed by atoms with van der Waals surface area (Å²) in [6.07, 6.45) is 0. The molecule has 2 heterocycles. The highest BCUT2D eigenvalue weighted by Crippen LogP contribution is 2.33. The highest BCUT2D eigenvalue weighted by atomic mass is 32.1.